The van der Waals surface area contributed by atoms with Gasteiger partial charge in [0.25, 0.3) is 5.56 Å². The van der Waals surface area contributed by atoms with Gasteiger partial charge in [-0.15, -0.1) is 0 Å². The summed E-state index contributed by atoms with van der Waals surface area (Å²) in [5.41, 5.74) is 0.0513. The first-order valence-corrected chi connectivity index (χ1v) is 6.72. The number of carbonyl (C=O) groups is 1. The summed E-state index contributed by atoms with van der Waals surface area (Å²) in [6.45, 7) is 1.58. The van der Waals surface area contributed by atoms with Crippen LogP contribution in [0.3, 0.4) is 0 Å². The summed E-state index contributed by atoms with van der Waals surface area (Å²) in [5, 5.41) is 6.20. The lowest BCUT2D eigenvalue weighted by Gasteiger charge is -2.06. The number of nitrogens with zero attached hydrogens (tertiary/aromatic N) is 5. The normalized spacial score (nSPS) is 11.1. The second kappa shape index (κ2) is 5.23. The second-order valence-electron chi connectivity index (χ2n) is 5.13. The Morgan fingerprint density at radius 2 is 2.04 bits per heavy atom. The number of imidazole rings is 1. The minimum Gasteiger partial charge on any atom is -0.338 e. The standard InChI is InChI=1S/C13H14N6O4/c1-7-4-9(23-16-7)15-8(20)5-19-6-14-11-10(19)12(21)18(3)13(22)17(11)2/h4,6H,5H2,1-3H3,(H,15,20). The molecule has 0 aliphatic heterocycles. The molecular formula is C13H14N6O4. The van der Waals surface area contributed by atoms with Crippen LogP contribution in [0.2, 0.25) is 0 Å². The van der Waals surface area contributed by atoms with Gasteiger partial charge in [-0.3, -0.25) is 24.0 Å². The van der Waals surface area contributed by atoms with Crippen LogP contribution in [0.5, 0.6) is 0 Å². The Balaban J connectivity index is 1.96. The minimum absolute atomic E-state index is 0.149. The lowest BCUT2D eigenvalue weighted by molar-refractivity contribution is -0.116. The molecule has 0 bridgehead atoms. The first-order chi connectivity index (χ1) is 10.9. The SMILES string of the molecule is Cc1cc(NC(=O)Cn2cnc3c2c(=O)n(C)c(=O)n3C)on1. The molecule has 3 heterocycles. The van der Waals surface area contributed by atoms with Crippen LogP contribution in [0.4, 0.5) is 5.88 Å². The monoisotopic (exact) mass is 318 g/mol. The highest BCUT2D eigenvalue weighted by atomic mass is 16.5. The third kappa shape index (κ3) is 2.43. The Kier molecular flexibility index (Phi) is 3.36. The predicted molar refractivity (Wildman–Crippen MR) is 80.1 cm³/mol. The van der Waals surface area contributed by atoms with Gasteiger partial charge in [-0.1, -0.05) is 5.16 Å². The molecule has 0 saturated carbocycles. The van der Waals surface area contributed by atoms with Gasteiger partial charge in [-0.25, -0.2) is 9.78 Å². The van der Waals surface area contributed by atoms with Gasteiger partial charge in [0.05, 0.1) is 12.0 Å². The number of hydrogen-bond acceptors (Lipinski definition) is 6. The van der Waals surface area contributed by atoms with Crippen LogP contribution in [0.25, 0.3) is 11.2 Å². The highest BCUT2D eigenvalue weighted by Gasteiger charge is 2.16. The van der Waals surface area contributed by atoms with Crippen LogP contribution in [-0.4, -0.2) is 29.7 Å². The fourth-order valence-electron chi connectivity index (χ4n) is 2.27. The molecule has 0 radical (unpaired) electrons. The Morgan fingerprint density at radius 3 is 2.70 bits per heavy atom. The summed E-state index contributed by atoms with van der Waals surface area (Å²) < 4.78 is 8.51. The number of amides is 1. The van der Waals surface area contributed by atoms with Crippen molar-refractivity contribution in [2.75, 3.05) is 5.32 Å². The van der Waals surface area contributed by atoms with Crippen molar-refractivity contribution in [2.24, 2.45) is 14.1 Å². The lowest BCUT2D eigenvalue weighted by Crippen LogP contribution is -2.37. The van der Waals surface area contributed by atoms with E-state index in [0.717, 1.165) is 4.57 Å². The van der Waals surface area contributed by atoms with Gasteiger partial charge in [-0.2, -0.15) is 0 Å². The Labute approximate surface area is 128 Å². The third-order valence-electron chi connectivity index (χ3n) is 3.42. The van der Waals surface area contributed by atoms with E-state index in [4.69, 9.17) is 4.52 Å². The molecule has 120 valence electrons. The average molecular weight is 318 g/mol. The molecule has 10 heteroatoms. The predicted octanol–water partition coefficient (Wildman–Crippen LogP) is -0.631. The van der Waals surface area contributed by atoms with Crippen LogP contribution < -0.4 is 16.6 Å². The van der Waals surface area contributed by atoms with Gasteiger partial charge in [-0.05, 0) is 6.92 Å². The van der Waals surface area contributed by atoms with Crippen molar-refractivity contribution in [2.45, 2.75) is 13.5 Å². The second-order valence-corrected chi connectivity index (χ2v) is 5.13. The summed E-state index contributed by atoms with van der Waals surface area (Å²) in [5.74, 6) is -0.187. The molecule has 0 unspecified atom stereocenters. The quantitative estimate of drug-likeness (QED) is 0.687. The number of nitrogens with one attached hydrogen (secondary N) is 1. The molecule has 0 spiro atoms. The fourth-order valence-corrected chi connectivity index (χ4v) is 2.27. The van der Waals surface area contributed by atoms with E-state index in [2.05, 4.69) is 15.5 Å². The van der Waals surface area contributed by atoms with Crippen molar-refractivity contribution in [1.29, 1.82) is 0 Å². The molecule has 3 aromatic rings. The van der Waals surface area contributed by atoms with Crippen LogP contribution >= 0.6 is 0 Å². The number of carbonyl (C=O) groups excluding carboxylic acids is 1. The maximum Gasteiger partial charge on any atom is 0.332 e. The smallest absolute Gasteiger partial charge is 0.332 e. The van der Waals surface area contributed by atoms with Crippen molar-refractivity contribution in [1.82, 2.24) is 23.8 Å². The van der Waals surface area contributed by atoms with Crippen LogP contribution in [0, 0.1) is 6.92 Å². The summed E-state index contributed by atoms with van der Waals surface area (Å²) in [7, 11) is 2.89. The van der Waals surface area contributed by atoms with Gasteiger partial charge in [0.1, 0.15) is 6.54 Å². The van der Waals surface area contributed by atoms with E-state index in [1.54, 1.807) is 13.0 Å². The molecule has 1 N–H and O–H groups in total. The maximum atomic E-state index is 12.3. The fraction of sp³-hybridized carbons (Fsp3) is 0.308. The van der Waals surface area contributed by atoms with E-state index in [-0.39, 0.29) is 23.6 Å². The molecule has 0 fully saturated rings. The van der Waals surface area contributed by atoms with Crippen molar-refractivity contribution in [3.05, 3.63) is 38.9 Å². The molecular weight excluding hydrogens is 304 g/mol. The Hall–Kier alpha value is -3.17. The number of rotatable bonds is 3. The minimum atomic E-state index is -0.510. The Bertz CT molecular complexity index is 1020. The first kappa shape index (κ1) is 14.8. The van der Waals surface area contributed by atoms with Gasteiger partial charge in [0.2, 0.25) is 11.8 Å². The van der Waals surface area contributed by atoms with Gasteiger partial charge in [0.15, 0.2) is 11.2 Å². The molecule has 3 rings (SSSR count). The zero-order valence-electron chi connectivity index (χ0n) is 12.7. The van der Waals surface area contributed by atoms with E-state index in [1.165, 1.54) is 29.6 Å². The average Bonchev–Trinajstić information content (AvgIpc) is 3.09. The van der Waals surface area contributed by atoms with E-state index < -0.39 is 17.2 Å². The van der Waals surface area contributed by atoms with Crippen molar-refractivity contribution in [3.8, 4) is 0 Å². The zero-order valence-corrected chi connectivity index (χ0v) is 12.7. The van der Waals surface area contributed by atoms with Crippen molar-refractivity contribution >= 4 is 23.0 Å². The number of aryl methyl sites for hydroxylation is 2. The molecule has 0 aliphatic carbocycles. The molecule has 0 aliphatic rings. The molecule has 0 aromatic carbocycles. The number of hydrogen-bond donors (Lipinski definition) is 1. The molecule has 10 nitrogen and oxygen atoms in total. The zero-order chi connectivity index (χ0) is 16.7. The van der Waals surface area contributed by atoms with Crippen LogP contribution in [-0.2, 0) is 25.4 Å². The van der Waals surface area contributed by atoms with Gasteiger partial charge < -0.3 is 9.09 Å². The van der Waals surface area contributed by atoms with Crippen molar-refractivity contribution in [3.63, 3.8) is 0 Å². The molecule has 1 amide bonds. The number of aromatic nitrogens is 5. The largest absolute Gasteiger partial charge is 0.338 e. The highest BCUT2D eigenvalue weighted by molar-refractivity contribution is 5.90. The molecule has 0 saturated heterocycles. The maximum absolute atomic E-state index is 12.3. The van der Waals surface area contributed by atoms with Crippen molar-refractivity contribution < 1.29 is 9.32 Å². The third-order valence-corrected chi connectivity index (χ3v) is 3.42. The summed E-state index contributed by atoms with van der Waals surface area (Å²) in [4.78, 5) is 40.2. The van der Waals surface area contributed by atoms with E-state index in [0.29, 0.717) is 5.69 Å². The van der Waals surface area contributed by atoms with Crippen LogP contribution in [0.1, 0.15) is 5.69 Å². The molecule has 23 heavy (non-hydrogen) atoms. The molecule has 3 aromatic heterocycles. The van der Waals surface area contributed by atoms with E-state index in [1.807, 2.05) is 0 Å². The van der Waals surface area contributed by atoms with E-state index in [9.17, 15) is 14.4 Å². The van der Waals surface area contributed by atoms with Gasteiger partial charge in [0, 0.05) is 20.2 Å². The number of anilines is 1. The summed E-state index contributed by atoms with van der Waals surface area (Å²) in [6.07, 6.45) is 1.34. The van der Waals surface area contributed by atoms with E-state index >= 15 is 0 Å². The molecule has 0 atom stereocenters. The summed E-state index contributed by atoms with van der Waals surface area (Å²) >= 11 is 0. The first-order valence-electron chi connectivity index (χ1n) is 6.72. The topological polar surface area (TPSA) is 117 Å². The summed E-state index contributed by atoms with van der Waals surface area (Å²) in [6, 6.07) is 1.58. The number of fused-ring (bicyclic) bond motifs is 1. The highest BCUT2D eigenvalue weighted by Crippen LogP contribution is 2.09. The lowest BCUT2D eigenvalue weighted by atomic mass is 10.4. The van der Waals surface area contributed by atoms with Crippen LogP contribution in [0.15, 0.2) is 26.5 Å². The van der Waals surface area contributed by atoms with Gasteiger partial charge >= 0.3 is 5.69 Å². The Morgan fingerprint density at radius 1 is 1.30 bits per heavy atom.